The van der Waals surface area contributed by atoms with Crippen LogP contribution in [0.5, 0.6) is 0 Å². The lowest BCUT2D eigenvalue weighted by Crippen LogP contribution is -2.40. The minimum Gasteiger partial charge on any atom is -0.338 e. The Morgan fingerprint density at radius 1 is 1.05 bits per heavy atom. The largest absolute Gasteiger partial charge is 0.362 e. The molecule has 2 fully saturated rings. The summed E-state index contributed by atoms with van der Waals surface area (Å²) in [5.41, 5.74) is 6.30. The average Bonchev–Trinajstić information content (AvgIpc) is 2.46. The van der Waals surface area contributed by atoms with E-state index in [-0.39, 0.29) is 5.97 Å². The van der Waals surface area contributed by atoms with Crippen LogP contribution in [0.3, 0.4) is 0 Å². The molecule has 0 spiro atoms. The fourth-order valence-electron chi connectivity index (χ4n) is 4.31. The highest BCUT2D eigenvalue weighted by Gasteiger charge is 2.42. The van der Waals surface area contributed by atoms with Crippen LogP contribution < -0.4 is 5.48 Å². The highest BCUT2D eigenvalue weighted by Crippen LogP contribution is 2.52. The Morgan fingerprint density at radius 3 is 2.40 bits per heavy atom. The van der Waals surface area contributed by atoms with Gasteiger partial charge in [0, 0.05) is 5.92 Å². The molecule has 0 aliphatic heterocycles. The first-order valence-corrected chi connectivity index (χ1v) is 7.53. The molecule has 1 N–H and O–H groups in total. The smallest absolute Gasteiger partial charge is 0.338 e. The van der Waals surface area contributed by atoms with Crippen molar-refractivity contribution in [1.82, 2.24) is 5.48 Å². The third-order valence-corrected chi connectivity index (χ3v) is 5.02. The van der Waals surface area contributed by atoms with Gasteiger partial charge in [0.15, 0.2) is 0 Å². The molecular formula is C17H19NO2. The lowest BCUT2D eigenvalue weighted by Gasteiger charge is -2.47. The summed E-state index contributed by atoms with van der Waals surface area (Å²) in [4.78, 5) is 17.3. The van der Waals surface area contributed by atoms with Gasteiger partial charge in [0.2, 0.25) is 0 Å². The average molecular weight is 269 g/mol. The number of allylic oxidation sites excluding steroid dienone is 2. The predicted octanol–water partition coefficient (Wildman–Crippen LogP) is 3.44. The molecule has 20 heavy (non-hydrogen) atoms. The summed E-state index contributed by atoms with van der Waals surface area (Å²) in [6.07, 6.45) is 6.37. The Labute approximate surface area is 119 Å². The minimum absolute atomic E-state index is 0.299. The van der Waals surface area contributed by atoms with Crippen LogP contribution in [0.2, 0.25) is 0 Å². The number of hydrogen-bond acceptors (Lipinski definition) is 3. The van der Waals surface area contributed by atoms with Crippen molar-refractivity contribution < 1.29 is 9.63 Å². The van der Waals surface area contributed by atoms with Gasteiger partial charge in [-0.05, 0) is 61.6 Å². The van der Waals surface area contributed by atoms with Crippen LogP contribution in [0.1, 0.15) is 42.5 Å². The fourth-order valence-corrected chi connectivity index (χ4v) is 4.31. The van der Waals surface area contributed by atoms with E-state index >= 15 is 0 Å². The van der Waals surface area contributed by atoms with Crippen molar-refractivity contribution >= 4 is 5.97 Å². The van der Waals surface area contributed by atoms with Gasteiger partial charge in [-0.15, -0.1) is 0 Å². The van der Waals surface area contributed by atoms with Gasteiger partial charge in [0.05, 0.1) is 11.3 Å². The molecule has 1 aromatic carbocycles. The molecule has 2 unspecified atom stereocenters. The zero-order chi connectivity index (χ0) is 13.5. The lowest BCUT2D eigenvalue weighted by molar-refractivity contribution is 0.0239. The van der Waals surface area contributed by atoms with Gasteiger partial charge in [-0.1, -0.05) is 18.2 Å². The molecule has 3 nitrogen and oxygen atoms in total. The Morgan fingerprint density at radius 2 is 1.75 bits per heavy atom. The van der Waals surface area contributed by atoms with Gasteiger partial charge < -0.3 is 4.84 Å². The summed E-state index contributed by atoms with van der Waals surface area (Å²) in [5.74, 6) is 2.07. The Kier molecular flexibility index (Phi) is 2.79. The molecule has 4 aliphatic rings. The number of hydrogen-bond donors (Lipinski definition) is 1. The molecule has 3 heteroatoms. The summed E-state index contributed by atoms with van der Waals surface area (Å²) >= 11 is 0. The van der Waals surface area contributed by atoms with E-state index in [2.05, 4.69) is 5.48 Å². The summed E-state index contributed by atoms with van der Waals surface area (Å²) in [5, 5.41) is 0. The molecule has 2 saturated carbocycles. The zero-order valence-corrected chi connectivity index (χ0v) is 11.5. The maximum atomic E-state index is 12.0. The van der Waals surface area contributed by atoms with Crippen molar-refractivity contribution in [2.24, 2.45) is 17.8 Å². The Balaban J connectivity index is 1.46. The summed E-state index contributed by atoms with van der Waals surface area (Å²) in [6, 6.07) is 9.15. The van der Waals surface area contributed by atoms with E-state index in [4.69, 9.17) is 4.84 Å². The van der Waals surface area contributed by atoms with Crippen LogP contribution >= 0.6 is 0 Å². The third-order valence-electron chi connectivity index (χ3n) is 5.02. The van der Waals surface area contributed by atoms with E-state index < -0.39 is 0 Å². The monoisotopic (exact) mass is 269 g/mol. The molecule has 0 heterocycles. The van der Waals surface area contributed by atoms with Crippen LogP contribution in [-0.2, 0) is 4.84 Å². The van der Waals surface area contributed by atoms with Crippen molar-refractivity contribution in [3.8, 4) is 0 Å². The SMILES string of the molecule is O=C(ONC1=C2CC3CC(C2)CC1C3)c1ccccc1. The summed E-state index contributed by atoms with van der Waals surface area (Å²) in [6.45, 7) is 0. The van der Waals surface area contributed by atoms with Crippen LogP contribution in [0, 0.1) is 17.8 Å². The van der Waals surface area contributed by atoms with Crippen molar-refractivity contribution in [3.63, 3.8) is 0 Å². The van der Waals surface area contributed by atoms with Gasteiger partial charge in [0.1, 0.15) is 0 Å². The molecule has 0 saturated heterocycles. The van der Waals surface area contributed by atoms with Crippen LogP contribution in [0.15, 0.2) is 41.6 Å². The van der Waals surface area contributed by atoms with E-state index in [0.717, 1.165) is 11.8 Å². The molecule has 0 amide bonds. The van der Waals surface area contributed by atoms with Crippen LogP contribution in [0.4, 0.5) is 0 Å². The number of benzene rings is 1. The summed E-state index contributed by atoms with van der Waals surface area (Å²) < 4.78 is 0. The van der Waals surface area contributed by atoms with E-state index in [1.807, 2.05) is 18.2 Å². The Bertz CT molecular complexity index is 548. The first kappa shape index (κ1) is 12.0. The van der Waals surface area contributed by atoms with E-state index in [1.165, 1.54) is 43.4 Å². The van der Waals surface area contributed by atoms with Gasteiger partial charge in [-0.2, -0.15) is 0 Å². The van der Waals surface area contributed by atoms with Crippen molar-refractivity contribution in [3.05, 3.63) is 47.2 Å². The molecule has 2 atom stereocenters. The minimum atomic E-state index is -0.299. The zero-order valence-electron chi connectivity index (χ0n) is 11.5. The molecule has 0 aromatic heterocycles. The van der Waals surface area contributed by atoms with Crippen LogP contribution in [0.25, 0.3) is 0 Å². The molecule has 104 valence electrons. The molecule has 5 rings (SSSR count). The first-order chi connectivity index (χ1) is 9.79. The molecule has 4 bridgehead atoms. The van der Waals surface area contributed by atoms with Crippen molar-refractivity contribution in [2.75, 3.05) is 0 Å². The van der Waals surface area contributed by atoms with Gasteiger partial charge in [-0.3, -0.25) is 0 Å². The lowest BCUT2D eigenvalue weighted by atomic mass is 9.60. The first-order valence-electron chi connectivity index (χ1n) is 7.53. The molecule has 1 aromatic rings. The maximum absolute atomic E-state index is 12.0. The van der Waals surface area contributed by atoms with E-state index in [9.17, 15) is 4.79 Å². The second kappa shape index (κ2) is 4.65. The predicted molar refractivity (Wildman–Crippen MR) is 75.6 cm³/mol. The molecule has 4 aliphatic carbocycles. The number of hydroxylamine groups is 1. The van der Waals surface area contributed by atoms with Crippen molar-refractivity contribution in [2.45, 2.75) is 32.1 Å². The van der Waals surface area contributed by atoms with E-state index in [1.54, 1.807) is 12.1 Å². The van der Waals surface area contributed by atoms with Crippen molar-refractivity contribution in [1.29, 1.82) is 0 Å². The number of rotatable bonds is 3. The summed E-state index contributed by atoms with van der Waals surface area (Å²) in [7, 11) is 0. The third kappa shape index (κ3) is 2.01. The molecule has 0 radical (unpaired) electrons. The van der Waals surface area contributed by atoms with E-state index in [0.29, 0.717) is 11.5 Å². The van der Waals surface area contributed by atoms with Gasteiger partial charge in [0.25, 0.3) is 0 Å². The van der Waals surface area contributed by atoms with Gasteiger partial charge >= 0.3 is 5.97 Å². The highest BCUT2D eigenvalue weighted by atomic mass is 16.7. The van der Waals surface area contributed by atoms with Gasteiger partial charge in [-0.25, -0.2) is 10.3 Å². The quantitative estimate of drug-likeness (QED) is 0.854. The standard InChI is InChI=1S/C17H19NO2/c19-17(13-4-2-1-3-5-13)20-18-16-14-7-11-6-12(9-14)10-15(16)8-11/h1-5,11-12,14,18H,6-10H2. The fraction of sp³-hybridized carbons (Fsp3) is 0.471. The maximum Gasteiger partial charge on any atom is 0.362 e. The number of carbonyl (C=O) groups is 1. The number of nitrogens with one attached hydrogen (secondary N) is 1. The van der Waals surface area contributed by atoms with Crippen LogP contribution in [-0.4, -0.2) is 5.97 Å². The Hall–Kier alpha value is -1.77. The topological polar surface area (TPSA) is 38.3 Å². The molecular weight excluding hydrogens is 250 g/mol. The number of carbonyl (C=O) groups excluding carboxylic acids is 1. The normalized spacial score (nSPS) is 30.5. The second-order valence-corrected chi connectivity index (χ2v) is 6.42. The second-order valence-electron chi connectivity index (χ2n) is 6.42. The highest BCUT2D eigenvalue weighted by molar-refractivity contribution is 5.89.